The van der Waals surface area contributed by atoms with E-state index in [0.717, 1.165) is 16.3 Å². The van der Waals surface area contributed by atoms with Crippen LogP contribution in [0, 0.1) is 0 Å². The average molecular weight is 640 g/mol. The molecule has 0 aliphatic carbocycles. The summed E-state index contributed by atoms with van der Waals surface area (Å²) in [5, 5.41) is 5.98. The van der Waals surface area contributed by atoms with Gasteiger partial charge in [0.2, 0.25) is 0 Å². The van der Waals surface area contributed by atoms with Gasteiger partial charge in [-0.3, -0.25) is 4.98 Å². The van der Waals surface area contributed by atoms with E-state index in [2.05, 4.69) is 188 Å². The Balaban J connectivity index is 1.27. The zero-order chi connectivity index (χ0) is 33.3. The molecule has 3 nitrogen and oxygen atoms in total. The van der Waals surface area contributed by atoms with Crippen molar-refractivity contribution in [3.8, 4) is 22.3 Å². The summed E-state index contributed by atoms with van der Waals surface area (Å²) in [5.41, 5.74) is 15.4. The Bertz CT molecular complexity index is 2750. The second kappa shape index (κ2) is 11.0. The van der Waals surface area contributed by atoms with E-state index in [-0.39, 0.29) is 0 Å². The third kappa shape index (κ3) is 4.27. The highest BCUT2D eigenvalue weighted by Gasteiger charge is 2.23. The number of para-hydroxylation sites is 3. The number of hydrogen-bond donors (Lipinski definition) is 0. The van der Waals surface area contributed by atoms with Crippen molar-refractivity contribution in [2.75, 3.05) is 23.9 Å². The van der Waals surface area contributed by atoms with Crippen molar-refractivity contribution in [2.24, 2.45) is 0 Å². The summed E-state index contributed by atoms with van der Waals surface area (Å²) in [6.45, 7) is 0. The van der Waals surface area contributed by atoms with Crippen molar-refractivity contribution in [2.45, 2.75) is 0 Å². The first-order valence-electron chi connectivity index (χ1n) is 17.2. The van der Waals surface area contributed by atoms with Crippen LogP contribution in [-0.2, 0) is 0 Å². The van der Waals surface area contributed by atoms with Crippen LogP contribution in [0.4, 0.5) is 22.7 Å². The SMILES string of the molecule is CN1c2ccccc2C=Cc2ccc(-c3c4ccccc4c(-c4ccc5c(c4)N(C)c4ccccc4C=C5)c4c3cnc3ccccc34)cc21. The summed E-state index contributed by atoms with van der Waals surface area (Å²) in [6.07, 6.45) is 11.0. The molecule has 0 spiro atoms. The minimum atomic E-state index is 0.995. The Morgan fingerprint density at radius 2 is 0.860 bits per heavy atom. The Labute approximate surface area is 291 Å². The first-order chi connectivity index (χ1) is 24.6. The molecule has 8 aromatic rings. The maximum absolute atomic E-state index is 5.07. The average Bonchev–Trinajstić information content (AvgIpc) is 3.40. The molecule has 0 bridgehead atoms. The zero-order valence-electron chi connectivity index (χ0n) is 27.9. The first kappa shape index (κ1) is 28.6. The van der Waals surface area contributed by atoms with Gasteiger partial charge in [-0.25, -0.2) is 0 Å². The van der Waals surface area contributed by atoms with Gasteiger partial charge in [-0.1, -0.05) is 127 Å². The van der Waals surface area contributed by atoms with Crippen LogP contribution >= 0.6 is 0 Å². The quantitative estimate of drug-likeness (QED) is 0.139. The van der Waals surface area contributed by atoms with Crippen molar-refractivity contribution in [1.29, 1.82) is 0 Å². The number of anilines is 4. The third-order valence-electron chi connectivity index (χ3n) is 10.6. The highest BCUT2D eigenvalue weighted by atomic mass is 15.1. The van der Waals surface area contributed by atoms with Crippen molar-refractivity contribution < 1.29 is 0 Å². The molecule has 50 heavy (non-hydrogen) atoms. The molecule has 0 saturated heterocycles. The van der Waals surface area contributed by atoms with Crippen LogP contribution in [0.2, 0.25) is 0 Å². The Kier molecular flexibility index (Phi) is 6.31. The Morgan fingerprint density at radius 1 is 0.400 bits per heavy atom. The minimum Gasteiger partial charge on any atom is -0.344 e. The maximum atomic E-state index is 5.07. The van der Waals surface area contributed by atoms with Crippen LogP contribution in [0.5, 0.6) is 0 Å². The smallest absolute Gasteiger partial charge is 0.0708 e. The van der Waals surface area contributed by atoms with E-state index in [4.69, 9.17) is 4.98 Å². The zero-order valence-corrected chi connectivity index (χ0v) is 27.9. The predicted molar refractivity (Wildman–Crippen MR) is 214 cm³/mol. The highest BCUT2D eigenvalue weighted by Crippen LogP contribution is 2.48. The molecule has 3 heteroatoms. The Hall–Kier alpha value is -6.45. The highest BCUT2D eigenvalue weighted by molar-refractivity contribution is 6.27. The maximum Gasteiger partial charge on any atom is 0.0708 e. The molecule has 0 fully saturated rings. The van der Waals surface area contributed by atoms with Crippen LogP contribution in [0.1, 0.15) is 22.3 Å². The van der Waals surface area contributed by atoms with E-state index in [1.807, 2.05) is 0 Å². The number of hydrogen-bond acceptors (Lipinski definition) is 3. The fourth-order valence-corrected chi connectivity index (χ4v) is 8.16. The Morgan fingerprint density at radius 3 is 1.46 bits per heavy atom. The summed E-state index contributed by atoms with van der Waals surface area (Å²) >= 11 is 0. The minimum absolute atomic E-state index is 0.995. The number of rotatable bonds is 2. The van der Waals surface area contributed by atoms with E-state index in [9.17, 15) is 0 Å². The van der Waals surface area contributed by atoms with Gasteiger partial charge in [0.05, 0.1) is 5.52 Å². The molecule has 0 N–H and O–H groups in total. The van der Waals surface area contributed by atoms with Gasteiger partial charge >= 0.3 is 0 Å². The molecule has 0 amide bonds. The van der Waals surface area contributed by atoms with E-state index in [0.29, 0.717) is 0 Å². The van der Waals surface area contributed by atoms with Gasteiger partial charge < -0.3 is 9.80 Å². The van der Waals surface area contributed by atoms with E-state index in [1.165, 1.54) is 83.4 Å². The van der Waals surface area contributed by atoms with Crippen molar-refractivity contribution >= 4 is 79.5 Å². The van der Waals surface area contributed by atoms with Crippen molar-refractivity contribution in [3.63, 3.8) is 0 Å². The lowest BCUT2D eigenvalue weighted by Crippen LogP contribution is -2.11. The number of aromatic nitrogens is 1. The van der Waals surface area contributed by atoms with Crippen LogP contribution in [-0.4, -0.2) is 19.1 Å². The summed E-state index contributed by atoms with van der Waals surface area (Å²) in [7, 11) is 4.35. The van der Waals surface area contributed by atoms with Crippen LogP contribution in [0.25, 0.3) is 79.0 Å². The molecule has 2 aliphatic heterocycles. The molecular formula is C47H33N3. The fraction of sp³-hybridized carbons (Fsp3) is 0.0426. The van der Waals surface area contributed by atoms with Crippen LogP contribution in [0.15, 0.2) is 140 Å². The standard InChI is InChI=1S/C47H33N3/c1-49-41-17-9-3-11-30(41)19-21-32-23-25-34(27-43(32)49)45-36-13-5-6-14-37(36)46(47-38-15-7-8-16-40(38)48-29-39(45)47)35-26-24-33-22-20-31-12-4-10-18-42(31)50(2)44(33)28-35/h3-29H,1-2H3. The number of fused-ring (bicyclic) bond motifs is 8. The molecule has 10 rings (SSSR count). The molecule has 0 atom stereocenters. The monoisotopic (exact) mass is 639 g/mol. The van der Waals surface area contributed by atoms with E-state index < -0.39 is 0 Å². The van der Waals surface area contributed by atoms with E-state index in [1.54, 1.807) is 0 Å². The van der Waals surface area contributed by atoms with Gasteiger partial charge in [0, 0.05) is 59.2 Å². The lowest BCUT2D eigenvalue weighted by Gasteiger charge is -2.25. The predicted octanol–water partition coefficient (Wildman–Crippen LogP) is 12.4. The molecule has 0 radical (unpaired) electrons. The van der Waals surface area contributed by atoms with Gasteiger partial charge in [-0.15, -0.1) is 0 Å². The number of nitrogens with zero attached hydrogens (tertiary/aromatic N) is 3. The van der Waals surface area contributed by atoms with Gasteiger partial charge in [0.1, 0.15) is 0 Å². The second-order valence-electron chi connectivity index (χ2n) is 13.3. The number of benzene rings is 7. The molecule has 7 aromatic carbocycles. The van der Waals surface area contributed by atoms with Gasteiger partial charge in [0.15, 0.2) is 0 Å². The number of pyridine rings is 1. The molecule has 3 heterocycles. The normalized spacial score (nSPS) is 13.2. The summed E-state index contributed by atoms with van der Waals surface area (Å²) < 4.78 is 0. The summed E-state index contributed by atoms with van der Waals surface area (Å²) in [6, 6.07) is 48.5. The van der Waals surface area contributed by atoms with Crippen LogP contribution < -0.4 is 9.80 Å². The van der Waals surface area contributed by atoms with Crippen molar-refractivity contribution in [1.82, 2.24) is 4.98 Å². The largest absolute Gasteiger partial charge is 0.344 e. The first-order valence-corrected chi connectivity index (χ1v) is 17.2. The van der Waals surface area contributed by atoms with Crippen molar-refractivity contribution in [3.05, 3.63) is 162 Å². The lowest BCUT2D eigenvalue weighted by atomic mass is 9.84. The molecule has 236 valence electrons. The molecule has 0 saturated carbocycles. The molecular weight excluding hydrogens is 607 g/mol. The van der Waals surface area contributed by atoms with Gasteiger partial charge in [-0.05, 0) is 85.6 Å². The fourth-order valence-electron chi connectivity index (χ4n) is 8.16. The van der Waals surface area contributed by atoms with Crippen LogP contribution in [0.3, 0.4) is 0 Å². The van der Waals surface area contributed by atoms with Gasteiger partial charge in [-0.2, -0.15) is 0 Å². The molecule has 1 aromatic heterocycles. The molecule has 2 aliphatic rings. The lowest BCUT2D eigenvalue weighted by molar-refractivity contribution is 1.20. The summed E-state index contributed by atoms with van der Waals surface area (Å²) in [4.78, 5) is 9.71. The second-order valence-corrected chi connectivity index (χ2v) is 13.3. The topological polar surface area (TPSA) is 19.4 Å². The van der Waals surface area contributed by atoms with Gasteiger partial charge in [0.25, 0.3) is 0 Å². The summed E-state index contributed by atoms with van der Waals surface area (Å²) in [5.74, 6) is 0. The van der Waals surface area contributed by atoms with E-state index >= 15 is 0 Å². The third-order valence-corrected chi connectivity index (χ3v) is 10.6. The molecule has 0 unspecified atom stereocenters.